The lowest BCUT2D eigenvalue weighted by atomic mass is 9.92. The quantitative estimate of drug-likeness (QED) is 0.664. The summed E-state index contributed by atoms with van der Waals surface area (Å²) in [7, 11) is 1.61. The summed E-state index contributed by atoms with van der Waals surface area (Å²) < 4.78 is 5.71. The van der Waals surface area contributed by atoms with Crippen molar-refractivity contribution in [3.8, 4) is 0 Å². The molecule has 3 aliphatic rings. The van der Waals surface area contributed by atoms with Gasteiger partial charge in [0.25, 0.3) is 0 Å². The fraction of sp³-hybridized carbons (Fsp3) is 0.857. The van der Waals surface area contributed by atoms with E-state index in [0.29, 0.717) is 25.2 Å². The number of urea groups is 1. The van der Waals surface area contributed by atoms with Crippen LogP contribution < -0.4 is 16.0 Å². The van der Waals surface area contributed by atoms with Crippen LogP contribution in [0.3, 0.4) is 0 Å². The molecule has 0 bridgehead atoms. The number of hydrogen-bond donors (Lipinski definition) is 3. The van der Waals surface area contributed by atoms with Crippen LogP contribution in [0.25, 0.3) is 0 Å². The number of ether oxygens (including phenoxy) is 1. The second-order valence-electron chi connectivity index (χ2n) is 5.95. The summed E-state index contributed by atoms with van der Waals surface area (Å²) in [6.07, 6.45) is 5.04. The standard InChI is InChI=1S/C14H25N5O2/c1-15-14(20)16-8-10-9-19(6-7-21-10)13-17-11-4-2-3-5-12(11)18-13/h10-12H,2-9H2,1H3,(H,17,18)(H2,15,16,20). The van der Waals surface area contributed by atoms with Gasteiger partial charge < -0.3 is 25.6 Å². The maximum Gasteiger partial charge on any atom is 0.314 e. The SMILES string of the molecule is CNC(=O)NCC1CN(C2=NC3CCCCC3N2)CCO1. The molecule has 2 aliphatic heterocycles. The molecule has 7 heteroatoms. The molecule has 0 aromatic heterocycles. The summed E-state index contributed by atoms with van der Waals surface area (Å²) in [5.74, 6) is 1.03. The van der Waals surface area contributed by atoms with Crippen molar-refractivity contribution in [2.24, 2.45) is 4.99 Å². The molecule has 21 heavy (non-hydrogen) atoms. The van der Waals surface area contributed by atoms with E-state index in [0.717, 1.165) is 19.0 Å². The highest BCUT2D eigenvalue weighted by Gasteiger charge is 2.34. The Kier molecular flexibility index (Phi) is 4.48. The first kappa shape index (κ1) is 14.4. The Hall–Kier alpha value is -1.50. The lowest BCUT2D eigenvalue weighted by Gasteiger charge is -2.34. The van der Waals surface area contributed by atoms with Gasteiger partial charge in [0.05, 0.1) is 24.8 Å². The molecule has 118 valence electrons. The second-order valence-corrected chi connectivity index (χ2v) is 5.95. The Bertz CT molecular complexity index is 414. The predicted octanol–water partition coefficient (Wildman–Crippen LogP) is -0.113. The van der Waals surface area contributed by atoms with Crippen LogP contribution in [0.2, 0.25) is 0 Å². The number of morpholine rings is 1. The Morgan fingerprint density at radius 1 is 1.48 bits per heavy atom. The lowest BCUT2D eigenvalue weighted by Crippen LogP contribution is -2.53. The fourth-order valence-corrected chi connectivity index (χ4v) is 3.30. The molecule has 1 saturated heterocycles. The molecule has 3 unspecified atom stereocenters. The lowest BCUT2D eigenvalue weighted by molar-refractivity contribution is -0.00386. The van der Waals surface area contributed by atoms with Crippen LogP contribution in [0.15, 0.2) is 4.99 Å². The van der Waals surface area contributed by atoms with Crippen LogP contribution in [-0.2, 0) is 4.74 Å². The van der Waals surface area contributed by atoms with Gasteiger partial charge in [0.2, 0.25) is 0 Å². The molecule has 0 radical (unpaired) electrons. The molecule has 0 spiro atoms. The molecule has 3 rings (SSSR count). The van der Waals surface area contributed by atoms with Gasteiger partial charge in [0.15, 0.2) is 5.96 Å². The van der Waals surface area contributed by atoms with Gasteiger partial charge in [-0.2, -0.15) is 0 Å². The average molecular weight is 295 g/mol. The van der Waals surface area contributed by atoms with E-state index in [1.807, 2.05) is 0 Å². The van der Waals surface area contributed by atoms with Gasteiger partial charge in [-0.1, -0.05) is 12.8 Å². The number of aliphatic imine (C=N–C) groups is 1. The molecule has 2 fully saturated rings. The summed E-state index contributed by atoms with van der Waals surface area (Å²) in [6.45, 7) is 2.84. The van der Waals surface area contributed by atoms with Crippen molar-refractivity contribution < 1.29 is 9.53 Å². The van der Waals surface area contributed by atoms with E-state index in [2.05, 4.69) is 20.9 Å². The van der Waals surface area contributed by atoms with Gasteiger partial charge in [-0.3, -0.25) is 0 Å². The first-order chi connectivity index (χ1) is 10.3. The molecular formula is C14H25N5O2. The van der Waals surface area contributed by atoms with Gasteiger partial charge in [0.1, 0.15) is 0 Å². The Balaban J connectivity index is 1.53. The van der Waals surface area contributed by atoms with E-state index in [-0.39, 0.29) is 12.1 Å². The summed E-state index contributed by atoms with van der Waals surface area (Å²) in [5.41, 5.74) is 0. The van der Waals surface area contributed by atoms with Gasteiger partial charge in [-0.25, -0.2) is 9.79 Å². The number of nitrogens with zero attached hydrogens (tertiary/aromatic N) is 2. The number of carbonyl (C=O) groups excluding carboxylic acids is 1. The van der Waals surface area contributed by atoms with Crippen LogP contribution in [-0.4, -0.2) is 68.4 Å². The first-order valence-electron chi connectivity index (χ1n) is 7.92. The summed E-state index contributed by atoms with van der Waals surface area (Å²) >= 11 is 0. The van der Waals surface area contributed by atoms with Crippen LogP contribution >= 0.6 is 0 Å². The highest BCUT2D eigenvalue weighted by molar-refractivity contribution is 5.82. The number of guanidine groups is 1. The number of nitrogens with one attached hydrogen (secondary N) is 3. The highest BCUT2D eigenvalue weighted by Crippen LogP contribution is 2.25. The highest BCUT2D eigenvalue weighted by atomic mass is 16.5. The molecule has 1 aliphatic carbocycles. The van der Waals surface area contributed by atoms with Gasteiger partial charge in [-0.15, -0.1) is 0 Å². The zero-order valence-corrected chi connectivity index (χ0v) is 12.6. The largest absolute Gasteiger partial charge is 0.373 e. The van der Waals surface area contributed by atoms with Crippen molar-refractivity contribution in [2.45, 2.75) is 43.9 Å². The first-order valence-corrected chi connectivity index (χ1v) is 7.92. The van der Waals surface area contributed by atoms with E-state index in [1.165, 1.54) is 25.7 Å². The van der Waals surface area contributed by atoms with Crippen molar-refractivity contribution in [1.82, 2.24) is 20.9 Å². The van der Waals surface area contributed by atoms with Gasteiger partial charge >= 0.3 is 6.03 Å². The van der Waals surface area contributed by atoms with E-state index < -0.39 is 0 Å². The van der Waals surface area contributed by atoms with Crippen LogP contribution in [0.5, 0.6) is 0 Å². The molecule has 0 aromatic rings. The van der Waals surface area contributed by atoms with E-state index >= 15 is 0 Å². The minimum Gasteiger partial charge on any atom is -0.373 e. The third kappa shape index (κ3) is 3.40. The molecule has 1 saturated carbocycles. The van der Waals surface area contributed by atoms with E-state index in [1.54, 1.807) is 7.05 Å². The van der Waals surface area contributed by atoms with Crippen molar-refractivity contribution in [2.75, 3.05) is 33.3 Å². The number of fused-ring (bicyclic) bond motifs is 1. The average Bonchev–Trinajstić information content (AvgIpc) is 2.97. The zero-order valence-electron chi connectivity index (χ0n) is 12.6. The summed E-state index contributed by atoms with van der Waals surface area (Å²) in [5, 5.41) is 8.93. The third-order valence-electron chi connectivity index (χ3n) is 4.49. The maximum absolute atomic E-state index is 11.2. The fourth-order valence-electron chi connectivity index (χ4n) is 3.30. The number of carbonyl (C=O) groups is 1. The Labute approximate surface area is 125 Å². The van der Waals surface area contributed by atoms with Crippen molar-refractivity contribution in [3.05, 3.63) is 0 Å². The normalized spacial score (nSPS) is 32.0. The summed E-state index contributed by atoms with van der Waals surface area (Å²) in [6, 6.07) is 0.816. The van der Waals surface area contributed by atoms with Crippen molar-refractivity contribution in [3.63, 3.8) is 0 Å². The Morgan fingerprint density at radius 3 is 3.14 bits per heavy atom. The van der Waals surface area contributed by atoms with Crippen LogP contribution in [0.1, 0.15) is 25.7 Å². The molecule has 2 amide bonds. The third-order valence-corrected chi connectivity index (χ3v) is 4.49. The maximum atomic E-state index is 11.2. The monoisotopic (exact) mass is 295 g/mol. The minimum atomic E-state index is -0.168. The molecule has 7 nitrogen and oxygen atoms in total. The summed E-state index contributed by atoms with van der Waals surface area (Å²) in [4.78, 5) is 18.4. The van der Waals surface area contributed by atoms with Gasteiger partial charge in [0, 0.05) is 26.7 Å². The second kappa shape index (κ2) is 6.51. The van der Waals surface area contributed by atoms with E-state index in [9.17, 15) is 4.79 Å². The minimum absolute atomic E-state index is 0.0168. The molecule has 0 aromatic carbocycles. The van der Waals surface area contributed by atoms with E-state index in [4.69, 9.17) is 9.73 Å². The van der Waals surface area contributed by atoms with Crippen LogP contribution in [0.4, 0.5) is 4.79 Å². The zero-order chi connectivity index (χ0) is 14.7. The molecule has 2 heterocycles. The van der Waals surface area contributed by atoms with Gasteiger partial charge in [-0.05, 0) is 12.8 Å². The number of rotatable bonds is 2. The van der Waals surface area contributed by atoms with Crippen molar-refractivity contribution >= 4 is 12.0 Å². The van der Waals surface area contributed by atoms with Crippen LogP contribution in [0, 0.1) is 0 Å². The molecule has 3 N–H and O–H groups in total. The molecular weight excluding hydrogens is 270 g/mol. The predicted molar refractivity (Wildman–Crippen MR) is 80.4 cm³/mol. The Morgan fingerprint density at radius 2 is 2.33 bits per heavy atom. The topological polar surface area (TPSA) is 78.0 Å². The smallest absolute Gasteiger partial charge is 0.314 e. The number of amides is 2. The number of hydrogen-bond acceptors (Lipinski definition) is 5. The van der Waals surface area contributed by atoms with Crippen molar-refractivity contribution in [1.29, 1.82) is 0 Å². The molecule has 3 atom stereocenters.